The minimum atomic E-state index is -0.378. The fraction of sp³-hybridized carbons (Fsp3) is 0.200. The summed E-state index contributed by atoms with van der Waals surface area (Å²) in [6, 6.07) is 17.2. The van der Waals surface area contributed by atoms with Gasteiger partial charge in [0.15, 0.2) is 0 Å². The second-order valence-corrected chi connectivity index (χ2v) is 9.09. The maximum Gasteiger partial charge on any atom is 0.246 e. The number of carbonyl (C=O) groups is 2. The zero-order chi connectivity index (χ0) is 27.2. The molecule has 4 aromatic rings. The maximum absolute atomic E-state index is 12.9. The van der Waals surface area contributed by atoms with Gasteiger partial charge in [0, 0.05) is 36.1 Å². The number of benzene rings is 2. The van der Waals surface area contributed by atoms with E-state index in [2.05, 4.69) is 15.3 Å². The Kier molecular flexibility index (Phi) is 8.01. The number of hydrogen-bond acceptors (Lipinski definition) is 6. The lowest BCUT2D eigenvalue weighted by atomic mass is 10.0. The van der Waals surface area contributed by atoms with E-state index in [1.807, 2.05) is 63.2 Å². The zero-order valence-corrected chi connectivity index (χ0v) is 22.0. The summed E-state index contributed by atoms with van der Waals surface area (Å²) in [5.74, 6) is 0.498. The third-order valence-corrected chi connectivity index (χ3v) is 6.38. The van der Waals surface area contributed by atoms with Gasteiger partial charge in [-0.2, -0.15) is 0 Å². The molecule has 8 heteroatoms. The highest BCUT2D eigenvalue weighted by molar-refractivity contribution is 5.99. The van der Waals surface area contributed by atoms with Crippen molar-refractivity contribution in [2.45, 2.75) is 27.4 Å². The van der Waals surface area contributed by atoms with Gasteiger partial charge in [-0.1, -0.05) is 24.3 Å². The summed E-state index contributed by atoms with van der Waals surface area (Å²) in [6.45, 7) is 6.14. The first-order valence-corrected chi connectivity index (χ1v) is 12.2. The minimum absolute atomic E-state index is 0.139. The molecule has 0 bridgehead atoms. The topological polar surface area (TPSA) is 110 Å². The number of amides is 2. The van der Waals surface area contributed by atoms with Crippen LogP contribution in [0, 0.1) is 20.8 Å². The van der Waals surface area contributed by atoms with Crippen LogP contribution in [0.25, 0.3) is 17.0 Å². The van der Waals surface area contributed by atoms with Gasteiger partial charge in [0.05, 0.1) is 6.54 Å². The summed E-state index contributed by atoms with van der Waals surface area (Å²) in [7, 11) is 1.70. The highest BCUT2D eigenvalue weighted by Crippen LogP contribution is 2.29. The van der Waals surface area contributed by atoms with Crippen LogP contribution in [0.1, 0.15) is 27.9 Å². The van der Waals surface area contributed by atoms with Crippen LogP contribution in [-0.2, 0) is 16.2 Å². The number of hydrogen-bond donors (Lipinski definition) is 2. The molecule has 0 spiro atoms. The molecule has 0 unspecified atom stereocenters. The number of carbonyl (C=O) groups excluding carboxylic acids is 2. The van der Waals surface area contributed by atoms with E-state index >= 15 is 0 Å². The number of rotatable bonds is 8. The van der Waals surface area contributed by atoms with E-state index in [1.54, 1.807) is 36.4 Å². The number of ether oxygens (including phenoxy) is 1. The highest BCUT2D eigenvalue weighted by Gasteiger charge is 2.17. The molecule has 0 fully saturated rings. The van der Waals surface area contributed by atoms with Gasteiger partial charge in [0.1, 0.15) is 23.7 Å². The van der Waals surface area contributed by atoms with Crippen LogP contribution in [0.5, 0.6) is 5.75 Å². The van der Waals surface area contributed by atoms with Crippen molar-refractivity contribution in [2.75, 3.05) is 24.2 Å². The number of nitrogens with one attached hydrogen (secondary N) is 1. The molecule has 0 saturated carbocycles. The lowest BCUT2D eigenvalue weighted by Gasteiger charge is -2.23. The first kappa shape index (κ1) is 26.3. The Bertz CT molecular complexity index is 1510. The fourth-order valence-electron chi connectivity index (χ4n) is 4.11. The lowest BCUT2D eigenvalue weighted by molar-refractivity contribution is -0.122. The molecule has 0 atom stereocenters. The number of pyridine rings is 2. The van der Waals surface area contributed by atoms with Crippen molar-refractivity contribution in [1.82, 2.24) is 15.3 Å². The number of nitrogens with zero attached hydrogens (tertiary/aromatic N) is 3. The predicted octanol–water partition coefficient (Wildman–Crippen LogP) is 4.51. The van der Waals surface area contributed by atoms with E-state index in [0.29, 0.717) is 18.2 Å². The molecule has 3 N–H and O–H groups in total. The van der Waals surface area contributed by atoms with Crippen molar-refractivity contribution < 1.29 is 14.3 Å². The van der Waals surface area contributed by atoms with Crippen LogP contribution in [-0.4, -0.2) is 35.4 Å². The number of nitrogens with two attached hydrogens (primary N) is 1. The van der Waals surface area contributed by atoms with Gasteiger partial charge in [-0.15, -0.1) is 0 Å². The molecular weight excluding hydrogens is 478 g/mol. The van der Waals surface area contributed by atoms with Crippen molar-refractivity contribution >= 4 is 40.3 Å². The summed E-state index contributed by atoms with van der Waals surface area (Å²) < 4.78 is 6.22. The standard InChI is InChI=1S/C30H31N5O3/c1-19-8-13-25(35(4)29(37)17-33-28(36)15-11-22-10-14-27(31)32-16-22)21(3)24(19)18-38-26-7-5-6-23-12-9-20(2)34-30(23)26/h5-16H,17-18H2,1-4H3,(H2,31,32)(H,33,36)/b15-11+. The van der Waals surface area contributed by atoms with Crippen LogP contribution in [0.2, 0.25) is 0 Å². The number of aryl methyl sites for hydroxylation is 2. The Balaban J connectivity index is 1.42. The van der Waals surface area contributed by atoms with E-state index in [0.717, 1.165) is 44.5 Å². The molecule has 194 valence electrons. The van der Waals surface area contributed by atoms with Crippen molar-refractivity contribution in [2.24, 2.45) is 0 Å². The van der Waals surface area contributed by atoms with Crippen molar-refractivity contribution in [3.05, 3.63) is 94.8 Å². The van der Waals surface area contributed by atoms with E-state index in [-0.39, 0.29) is 18.4 Å². The van der Waals surface area contributed by atoms with Gasteiger partial charge in [-0.05, 0) is 79.4 Å². The first-order chi connectivity index (χ1) is 18.2. The normalized spacial score (nSPS) is 11.1. The third kappa shape index (κ3) is 6.15. The van der Waals surface area contributed by atoms with E-state index in [4.69, 9.17) is 10.5 Å². The lowest BCUT2D eigenvalue weighted by Crippen LogP contribution is -2.38. The third-order valence-electron chi connectivity index (χ3n) is 6.38. The smallest absolute Gasteiger partial charge is 0.246 e. The molecular formula is C30H31N5O3. The van der Waals surface area contributed by atoms with Gasteiger partial charge >= 0.3 is 0 Å². The van der Waals surface area contributed by atoms with E-state index in [9.17, 15) is 9.59 Å². The largest absolute Gasteiger partial charge is 0.487 e. The molecule has 4 rings (SSSR count). The van der Waals surface area contributed by atoms with Crippen molar-refractivity contribution in [1.29, 1.82) is 0 Å². The monoisotopic (exact) mass is 509 g/mol. The number of aromatic nitrogens is 2. The van der Waals surface area contributed by atoms with Gasteiger partial charge in [-0.25, -0.2) is 9.97 Å². The second-order valence-electron chi connectivity index (χ2n) is 9.09. The number of fused-ring (bicyclic) bond motifs is 1. The Morgan fingerprint density at radius 1 is 1.05 bits per heavy atom. The zero-order valence-electron chi connectivity index (χ0n) is 22.0. The fourth-order valence-corrected chi connectivity index (χ4v) is 4.11. The molecule has 0 aliphatic rings. The first-order valence-electron chi connectivity index (χ1n) is 12.2. The Labute approximate surface area is 222 Å². The van der Waals surface area contributed by atoms with Crippen molar-refractivity contribution in [3.63, 3.8) is 0 Å². The van der Waals surface area contributed by atoms with Crippen LogP contribution in [0.4, 0.5) is 11.5 Å². The average Bonchev–Trinajstić information content (AvgIpc) is 2.91. The van der Waals surface area contributed by atoms with Crippen LogP contribution < -0.4 is 20.7 Å². The number of para-hydroxylation sites is 1. The predicted molar refractivity (Wildman–Crippen MR) is 151 cm³/mol. The van der Waals surface area contributed by atoms with Gasteiger partial charge in [0.2, 0.25) is 11.8 Å². The van der Waals surface area contributed by atoms with Crippen LogP contribution >= 0.6 is 0 Å². The van der Waals surface area contributed by atoms with E-state index in [1.165, 1.54) is 6.08 Å². The van der Waals surface area contributed by atoms with Crippen molar-refractivity contribution in [3.8, 4) is 5.75 Å². The van der Waals surface area contributed by atoms with Gasteiger partial charge in [0.25, 0.3) is 0 Å². The maximum atomic E-state index is 12.9. The SMILES string of the molecule is Cc1ccc2cccc(OCc3c(C)ccc(N(C)C(=O)CNC(=O)/C=C/c4ccc(N)nc4)c3C)c2n1. The summed E-state index contributed by atoms with van der Waals surface area (Å²) >= 11 is 0. The average molecular weight is 510 g/mol. The number of likely N-dealkylation sites (N-methyl/N-ethyl adjacent to an activating group) is 1. The Hall–Kier alpha value is -4.72. The number of anilines is 2. The van der Waals surface area contributed by atoms with E-state index < -0.39 is 0 Å². The second kappa shape index (κ2) is 11.6. The molecule has 0 radical (unpaired) electrons. The summed E-state index contributed by atoms with van der Waals surface area (Å²) in [5, 5.41) is 3.65. The van der Waals surface area contributed by atoms with Gasteiger partial charge in [-0.3, -0.25) is 9.59 Å². The molecule has 38 heavy (non-hydrogen) atoms. The Morgan fingerprint density at radius 3 is 2.63 bits per heavy atom. The molecule has 2 aromatic heterocycles. The summed E-state index contributed by atoms with van der Waals surface area (Å²) in [5.41, 5.74) is 11.8. The van der Waals surface area contributed by atoms with Gasteiger partial charge < -0.3 is 20.7 Å². The van der Waals surface area contributed by atoms with Crippen LogP contribution in [0.15, 0.2) is 66.9 Å². The molecule has 8 nitrogen and oxygen atoms in total. The molecule has 0 saturated heterocycles. The quantitative estimate of drug-likeness (QED) is 0.338. The summed E-state index contributed by atoms with van der Waals surface area (Å²) in [4.78, 5) is 35.3. The molecule has 0 aliphatic carbocycles. The molecule has 2 heterocycles. The Morgan fingerprint density at radius 2 is 1.87 bits per heavy atom. The minimum Gasteiger partial charge on any atom is -0.487 e. The highest BCUT2D eigenvalue weighted by atomic mass is 16.5. The molecule has 2 aromatic carbocycles. The molecule has 0 aliphatic heterocycles. The van der Waals surface area contributed by atoms with Crippen LogP contribution in [0.3, 0.4) is 0 Å². The number of nitrogen functional groups attached to an aromatic ring is 1. The summed E-state index contributed by atoms with van der Waals surface area (Å²) in [6.07, 6.45) is 4.53. The molecule has 2 amide bonds.